The fraction of sp³-hybridized carbons (Fsp3) is 1.00. The third-order valence-electron chi connectivity index (χ3n) is 4.39. The van der Waals surface area contributed by atoms with E-state index in [1.165, 1.54) is 57.9 Å². The molecule has 0 amide bonds. The summed E-state index contributed by atoms with van der Waals surface area (Å²) in [6.07, 6.45) is 11.6. The van der Waals surface area contributed by atoms with Gasteiger partial charge < -0.3 is 0 Å². The molecule has 2 aliphatic rings. The van der Waals surface area contributed by atoms with E-state index in [0.29, 0.717) is 0 Å². The van der Waals surface area contributed by atoms with Crippen molar-refractivity contribution in [1.82, 2.24) is 4.90 Å². The molecular weight excluding hydrogens is 182 g/mol. The summed E-state index contributed by atoms with van der Waals surface area (Å²) in [6, 6.07) is 1.92. The van der Waals surface area contributed by atoms with Gasteiger partial charge in [0.1, 0.15) is 0 Å². The van der Waals surface area contributed by atoms with Gasteiger partial charge in [-0.1, -0.05) is 33.1 Å². The number of unbranched alkanes of at least 4 members (excludes halogenated alkanes) is 3. The molecule has 2 rings (SSSR count). The minimum absolute atomic E-state index is 0.959. The van der Waals surface area contributed by atoms with Crippen LogP contribution in [-0.2, 0) is 0 Å². The summed E-state index contributed by atoms with van der Waals surface area (Å²) in [5.41, 5.74) is 0. The maximum Gasteiger partial charge on any atom is 0.0101 e. The highest BCUT2D eigenvalue weighted by Gasteiger charge is 2.38. The van der Waals surface area contributed by atoms with Crippen molar-refractivity contribution >= 4 is 0 Å². The molecule has 2 saturated heterocycles. The standard InChI is InChI=1S/C14H27N/c1-3-4-5-6-9-15-13-7-8-14(15)11-12(2)10-13/h12-14H,3-11H2,1-2H3. The summed E-state index contributed by atoms with van der Waals surface area (Å²) >= 11 is 0. The quantitative estimate of drug-likeness (QED) is 0.622. The van der Waals surface area contributed by atoms with E-state index in [2.05, 4.69) is 18.7 Å². The molecule has 0 aromatic carbocycles. The molecule has 1 heteroatoms. The highest BCUT2D eigenvalue weighted by atomic mass is 15.2. The molecule has 2 heterocycles. The Morgan fingerprint density at radius 2 is 1.67 bits per heavy atom. The van der Waals surface area contributed by atoms with Gasteiger partial charge in [-0.15, -0.1) is 0 Å². The lowest BCUT2D eigenvalue weighted by atomic mass is 9.92. The molecule has 2 unspecified atom stereocenters. The van der Waals surface area contributed by atoms with Crippen LogP contribution in [0.25, 0.3) is 0 Å². The van der Waals surface area contributed by atoms with E-state index in [-0.39, 0.29) is 0 Å². The van der Waals surface area contributed by atoms with Crippen LogP contribution < -0.4 is 0 Å². The molecule has 2 bridgehead atoms. The molecule has 2 aliphatic heterocycles. The summed E-state index contributed by atoms with van der Waals surface area (Å²) in [4.78, 5) is 2.84. The summed E-state index contributed by atoms with van der Waals surface area (Å²) in [5.74, 6) is 0.995. The molecule has 2 atom stereocenters. The smallest absolute Gasteiger partial charge is 0.0101 e. The normalized spacial score (nSPS) is 36.0. The van der Waals surface area contributed by atoms with Crippen LogP contribution in [0.1, 0.15) is 65.2 Å². The number of rotatable bonds is 5. The van der Waals surface area contributed by atoms with Crippen molar-refractivity contribution in [3.05, 3.63) is 0 Å². The second kappa shape index (κ2) is 5.34. The average Bonchev–Trinajstić information content (AvgIpc) is 2.46. The number of fused-ring (bicyclic) bond motifs is 2. The first kappa shape index (κ1) is 11.4. The third-order valence-corrected chi connectivity index (χ3v) is 4.39. The van der Waals surface area contributed by atoms with Gasteiger partial charge in [0.2, 0.25) is 0 Å². The van der Waals surface area contributed by atoms with E-state index in [9.17, 15) is 0 Å². The van der Waals surface area contributed by atoms with E-state index in [4.69, 9.17) is 0 Å². The first-order valence-electron chi connectivity index (χ1n) is 7.07. The third kappa shape index (κ3) is 2.75. The molecule has 0 saturated carbocycles. The monoisotopic (exact) mass is 209 g/mol. The van der Waals surface area contributed by atoms with E-state index >= 15 is 0 Å². The Balaban J connectivity index is 1.74. The van der Waals surface area contributed by atoms with Crippen molar-refractivity contribution in [1.29, 1.82) is 0 Å². The Bertz CT molecular complexity index is 176. The van der Waals surface area contributed by atoms with Gasteiger partial charge >= 0.3 is 0 Å². The van der Waals surface area contributed by atoms with Crippen LogP contribution in [0.3, 0.4) is 0 Å². The van der Waals surface area contributed by atoms with Gasteiger partial charge in [-0.05, 0) is 44.6 Å². The van der Waals surface area contributed by atoms with E-state index in [1.54, 1.807) is 0 Å². The lowest BCUT2D eigenvalue weighted by molar-refractivity contribution is 0.108. The summed E-state index contributed by atoms with van der Waals surface area (Å²) in [6.45, 7) is 6.13. The minimum atomic E-state index is 0.959. The number of piperidine rings is 1. The second-order valence-corrected chi connectivity index (χ2v) is 5.76. The molecule has 88 valence electrons. The van der Waals surface area contributed by atoms with Crippen LogP contribution in [0.2, 0.25) is 0 Å². The Hall–Kier alpha value is -0.0400. The van der Waals surface area contributed by atoms with Gasteiger partial charge in [-0.2, -0.15) is 0 Å². The van der Waals surface area contributed by atoms with E-state index < -0.39 is 0 Å². The Morgan fingerprint density at radius 1 is 1.00 bits per heavy atom. The zero-order valence-electron chi connectivity index (χ0n) is 10.5. The summed E-state index contributed by atoms with van der Waals surface area (Å²) < 4.78 is 0. The van der Waals surface area contributed by atoms with Crippen molar-refractivity contribution in [2.45, 2.75) is 77.3 Å². The van der Waals surface area contributed by atoms with Gasteiger partial charge in [0.25, 0.3) is 0 Å². The van der Waals surface area contributed by atoms with Crippen LogP contribution in [0, 0.1) is 5.92 Å². The predicted octanol–water partition coefficient (Wildman–Crippen LogP) is 3.83. The summed E-state index contributed by atoms with van der Waals surface area (Å²) in [7, 11) is 0. The topological polar surface area (TPSA) is 3.24 Å². The number of nitrogens with zero attached hydrogens (tertiary/aromatic N) is 1. The van der Waals surface area contributed by atoms with Crippen LogP contribution in [0.5, 0.6) is 0 Å². The van der Waals surface area contributed by atoms with Gasteiger partial charge in [-0.25, -0.2) is 0 Å². The first-order chi connectivity index (χ1) is 7.31. The van der Waals surface area contributed by atoms with Crippen molar-refractivity contribution in [3.8, 4) is 0 Å². The molecule has 0 N–H and O–H groups in total. The van der Waals surface area contributed by atoms with Crippen molar-refractivity contribution in [2.24, 2.45) is 5.92 Å². The molecule has 0 spiro atoms. The molecule has 15 heavy (non-hydrogen) atoms. The maximum absolute atomic E-state index is 2.84. The van der Waals surface area contributed by atoms with Crippen molar-refractivity contribution in [2.75, 3.05) is 6.54 Å². The molecule has 0 aromatic rings. The molecule has 0 aliphatic carbocycles. The largest absolute Gasteiger partial charge is 0.297 e. The SMILES string of the molecule is CCCCCCN1C2CCC1CC(C)C2. The molecule has 0 aromatic heterocycles. The summed E-state index contributed by atoms with van der Waals surface area (Å²) in [5, 5.41) is 0. The Kier molecular flexibility index (Phi) is 4.07. The molecule has 1 nitrogen and oxygen atoms in total. The highest BCUT2D eigenvalue weighted by molar-refractivity contribution is 4.93. The first-order valence-corrected chi connectivity index (χ1v) is 7.07. The fourth-order valence-electron chi connectivity index (χ4n) is 3.63. The molecule has 2 fully saturated rings. The minimum Gasteiger partial charge on any atom is -0.297 e. The van der Waals surface area contributed by atoms with Gasteiger partial charge in [0, 0.05) is 12.1 Å². The van der Waals surface area contributed by atoms with Crippen LogP contribution in [-0.4, -0.2) is 23.5 Å². The zero-order valence-corrected chi connectivity index (χ0v) is 10.5. The zero-order chi connectivity index (χ0) is 10.7. The van der Waals surface area contributed by atoms with Gasteiger partial charge in [-0.3, -0.25) is 4.90 Å². The van der Waals surface area contributed by atoms with Gasteiger partial charge in [0.15, 0.2) is 0 Å². The predicted molar refractivity (Wildman–Crippen MR) is 66.1 cm³/mol. The number of hydrogen-bond acceptors (Lipinski definition) is 1. The highest BCUT2D eigenvalue weighted by Crippen LogP contribution is 2.38. The Labute approximate surface area is 95.2 Å². The van der Waals surface area contributed by atoms with Crippen LogP contribution >= 0.6 is 0 Å². The van der Waals surface area contributed by atoms with E-state index in [0.717, 1.165) is 18.0 Å². The van der Waals surface area contributed by atoms with Crippen molar-refractivity contribution < 1.29 is 0 Å². The lowest BCUT2D eigenvalue weighted by Gasteiger charge is -2.37. The van der Waals surface area contributed by atoms with Gasteiger partial charge in [0.05, 0.1) is 0 Å². The molecule has 0 radical (unpaired) electrons. The lowest BCUT2D eigenvalue weighted by Crippen LogP contribution is -2.42. The molecular formula is C14H27N. The Morgan fingerprint density at radius 3 is 2.27 bits per heavy atom. The maximum atomic E-state index is 2.84. The van der Waals surface area contributed by atoms with E-state index in [1.807, 2.05) is 0 Å². The second-order valence-electron chi connectivity index (χ2n) is 5.76. The van der Waals surface area contributed by atoms with Crippen molar-refractivity contribution in [3.63, 3.8) is 0 Å². The average molecular weight is 209 g/mol. The van der Waals surface area contributed by atoms with Crippen LogP contribution in [0.15, 0.2) is 0 Å². The van der Waals surface area contributed by atoms with Crippen LogP contribution in [0.4, 0.5) is 0 Å². The fourth-order valence-corrected chi connectivity index (χ4v) is 3.63. The number of hydrogen-bond donors (Lipinski definition) is 0.